The second-order valence-electron chi connectivity index (χ2n) is 8.21. The molecule has 2 N–H and O–H groups in total. The van der Waals surface area contributed by atoms with Gasteiger partial charge in [-0.3, -0.25) is 20.1 Å². The maximum atomic E-state index is 13.1. The van der Waals surface area contributed by atoms with E-state index in [1.807, 2.05) is 26.0 Å². The first-order valence-electron chi connectivity index (χ1n) is 10.9. The van der Waals surface area contributed by atoms with Crippen molar-refractivity contribution in [3.8, 4) is 22.1 Å². The fourth-order valence-electron chi connectivity index (χ4n) is 3.87. The molecule has 1 aliphatic rings. The molecule has 0 radical (unpaired) electrons. The quantitative estimate of drug-likeness (QED) is 0.536. The summed E-state index contributed by atoms with van der Waals surface area (Å²) in [5, 5.41) is 21.3. The summed E-state index contributed by atoms with van der Waals surface area (Å²) in [5.74, 6) is 0.621. The molecule has 9 nitrogen and oxygen atoms in total. The molecule has 0 bridgehead atoms. The van der Waals surface area contributed by atoms with Crippen LogP contribution in [0.5, 0.6) is 10.9 Å². The highest BCUT2D eigenvalue weighted by molar-refractivity contribution is 7.17. The number of methoxy groups -OCH3 is 1. The molecule has 3 heterocycles. The van der Waals surface area contributed by atoms with E-state index in [1.54, 1.807) is 19.5 Å². The summed E-state index contributed by atoms with van der Waals surface area (Å²) in [6.45, 7) is 4.28. The number of carbonyl (C=O) groups is 1. The average Bonchev–Trinajstić information content (AvgIpc) is 3.25. The third-order valence-electron chi connectivity index (χ3n) is 5.69. The molecular formula is C23H27N5O4S. The van der Waals surface area contributed by atoms with Gasteiger partial charge in [0.05, 0.1) is 31.6 Å². The Balaban J connectivity index is 1.48. The number of amides is 1. The number of nitrogens with one attached hydrogen (secondary N) is 1. The molecule has 3 aromatic heterocycles. The first kappa shape index (κ1) is 23.1. The number of carbonyl (C=O) groups excluding carboxylic acids is 1. The summed E-state index contributed by atoms with van der Waals surface area (Å²) in [6.07, 6.45) is 6.48. The van der Waals surface area contributed by atoms with Crippen LogP contribution in [0.3, 0.4) is 0 Å². The molecule has 4 rings (SSSR count). The molecule has 10 heteroatoms. The molecule has 0 atom stereocenters. The Morgan fingerprint density at radius 3 is 2.52 bits per heavy atom. The molecule has 1 amide bonds. The normalized spacial score (nSPS) is 18.1. The number of aliphatic hydroxyl groups is 1. The average molecular weight is 470 g/mol. The largest absolute Gasteiger partial charge is 0.494 e. The van der Waals surface area contributed by atoms with Gasteiger partial charge in [-0.2, -0.15) is 0 Å². The molecule has 0 aliphatic heterocycles. The van der Waals surface area contributed by atoms with Crippen molar-refractivity contribution in [1.82, 2.24) is 20.2 Å². The van der Waals surface area contributed by atoms with Crippen LogP contribution in [0.2, 0.25) is 0 Å². The van der Waals surface area contributed by atoms with E-state index in [-0.39, 0.29) is 12.0 Å². The van der Waals surface area contributed by atoms with Crippen molar-refractivity contribution < 1.29 is 19.4 Å². The lowest BCUT2D eigenvalue weighted by atomic mass is 9.88. The maximum Gasteiger partial charge on any atom is 0.295 e. The standard InChI is InChI=1S/C23H27N5O4S/c1-13-8-17(18-9-14(2)25-11-20(18)31-3)19(10-24-13)21(30)26-22-27-28-23(33-22)32-12-15-4-6-16(29)7-5-15/h8-11,15-16,29H,4-7,12H2,1-3H3,(H,26,27,30). The molecule has 33 heavy (non-hydrogen) atoms. The van der Waals surface area contributed by atoms with Gasteiger partial charge >= 0.3 is 0 Å². The van der Waals surface area contributed by atoms with Crippen LogP contribution in [-0.4, -0.2) is 51.0 Å². The molecule has 0 saturated heterocycles. The molecule has 174 valence electrons. The number of aryl methyl sites for hydroxylation is 2. The van der Waals surface area contributed by atoms with Crippen molar-refractivity contribution in [2.75, 3.05) is 19.0 Å². The Bertz CT molecular complexity index is 1130. The van der Waals surface area contributed by atoms with Crippen molar-refractivity contribution in [3.63, 3.8) is 0 Å². The van der Waals surface area contributed by atoms with E-state index in [2.05, 4.69) is 25.5 Å². The zero-order chi connectivity index (χ0) is 23.4. The van der Waals surface area contributed by atoms with Crippen LogP contribution >= 0.6 is 11.3 Å². The topological polar surface area (TPSA) is 119 Å². The van der Waals surface area contributed by atoms with Crippen LogP contribution < -0.4 is 14.8 Å². The maximum absolute atomic E-state index is 13.1. The smallest absolute Gasteiger partial charge is 0.295 e. The minimum Gasteiger partial charge on any atom is -0.494 e. The second kappa shape index (κ2) is 10.2. The molecule has 0 unspecified atom stereocenters. The fourth-order valence-corrected chi connectivity index (χ4v) is 4.47. The predicted octanol–water partition coefficient (Wildman–Crippen LogP) is 3.80. The lowest BCUT2D eigenvalue weighted by Gasteiger charge is -2.24. The molecule has 1 fully saturated rings. The molecule has 0 spiro atoms. The summed E-state index contributed by atoms with van der Waals surface area (Å²) in [6, 6.07) is 3.73. The van der Waals surface area contributed by atoms with E-state index >= 15 is 0 Å². The SMILES string of the molecule is COc1cnc(C)cc1-c1cc(C)ncc1C(=O)Nc1nnc(OCC2CCC(O)CC2)s1. The van der Waals surface area contributed by atoms with Crippen LogP contribution in [0.15, 0.2) is 24.5 Å². The highest BCUT2D eigenvalue weighted by Gasteiger charge is 2.22. The van der Waals surface area contributed by atoms with Crippen LogP contribution in [0.4, 0.5) is 5.13 Å². The Labute approximate surface area is 196 Å². The van der Waals surface area contributed by atoms with Gasteiger partial charge in [0, 0.05) is 28.7 Å². The van der Waals surface area contributed by atoms with E-state index in [1.165, 1.54) is 11.3 Å². The Morgan fingerprint density at radius 2 is 1.79 bits per heavy atom. The Kier molecular flexibility index (Phi) is 7.14. The lowest BCUT2D eigenvalue weighted by Crippen LogP contribution is -2.22. The minimum absolute atomic E-state index is 0.193. The Morgan fingerprint density at radius 1 is 1.09 bits per heavy atom. The van der Waals surface area contributed by atoms with Gasteiger partial charge in [0.25, 0.3) is 11.1 Å². The number of hydrogen-bond acceptors (Lipinski definition) is 9. The number of anilines is 1. The summed E-state index contributed by atoms with van der Waals surface area (Å²) in [5.41, 5.74) is 3.44. The van der Waals surface area contributed by atoms with Crippen LogP contribution in [-0.2, 0) is 0 Å². The van der Waals surface area contributed by atoms with Gasteiger partial charge in [0.2, 0.25) is 5.13 Å². The van der Waals surface area contributed by atoms with E-state index in [0.717, 1.165) is 42.6 Å². The number of aromatic nitrogens is 4. The van der Waals surface area contributed by atoms with E-state index in [4.69, 9.17) is 9.47 Å². The number of rotatable bonds is 7. The van der Waals surface area contributed by atoms with E-state index in [9.17, 15) is 9.90 Å². The van der Waals surface area contributed by atoms with Crippen LogP contribution in [0, 0.1) is 19.8 Å². The second-order valence-corrected chi connectivity index (χ2v) is 9.15. The van der Waals surface area contributed by atoms with Gasteiger partial charge in [-0.1, -0.05) is 5.10 Å². The summed E-state index contributed by atoms with van der Waals surface area (Å²) < 4.78 is 11.2. The highest BCUT2D eigenvalue weighted by Crippen LogP contribution is 2.33. The number of aliphatic hydroxyl groups excluding tert-OH is 1. The summed E-state index contributed by atoms with van der Waals surface area (Å²) in [7, 11) is 1.57. The summed E-state index contributed by atoms with van der Waals surface area (Å²) >= 11 is 1.18. The third-order valence-corrected chi connectivity index (χ3v) is 6.44. The minimum atomic E-state index is -0.349. The Hall–Kier alpha value is -3.11. The van der Waals surface area contributed by atoms with Gasteiger partial charge in [0.15, 0.2) is 0 Å². The van der Waals surface area contributed by atoms with Crippen molar-refractivity contribution in [1.29, 1.82) is 0 Å². The van der Waals surface area contributed by atoms with Crippen LogP contribution in [0.25, 0.3) is 11.1 Å². The van der Waals surface area contributed by atoms with Gasteiger partial charge in [0.1, 0.15) is 5.75 Å². The third kappa shape index (κ3) is 5.63. The summed E-state index contributed by atoms with van der Waals surface area (Å²) in [4.78, 5) is 21.7. The van der Waals surface area contributed by atoms with Crippen molar-refractivity contribution in [2.45, 2.75) is 45.6 Å². The number of nitrogens with zero attached hydrogens (tertiary/aromatic N) is 4. The van der Waals surface area contributed by atoms with Crippen molar-refractivity contribution in [2.24, 2.45) is 5.92 Å². The number of pyridine rings is 2. The van der Waals surface area contributed by atoms with Crippen LogP contribution in [0.1, 0.15) is 47.4 Å². The molecule has 3 aromatic rings. The van der Waals surface area contributed by atoms with Gasteiger partial charge in [-0.05, 0) is 68.9 Å². The number of hydrogen-bond donors (Lipinski definition) is 2. The molecular weight excluding hydrogens is 442 g/mol. The predicted molar refractivity (Wildman–Crippen MR) is 125 cm³/mol. The fraction of sp³-hybridized carbons (Fsp3) is 0.435. The molecule has 1 saturated carbocycles. The zero-order valence-electron chi connectivity index (χ0n) is 18.9. The van der Waals surface area contributed by atoms with Crippen molar-refractivity contribution >= 4 is 22.4 Å². The molecule has 0 aromatic carbocycles. The van der Waals surface area contributed by atoms with Crippen molar-refractivity contribution in [3.05, 3.63) is 41.5 Å². The highest BCUT2D eigenvalue weighted by atomic mass is 32.1. The van der Waals surface area contributed by atoms with Gasteiger partial charge < -0.3 is 14.6 Å². The van der Waals surface area contributed by atoms with Gasteiger partial charge in [-0.15, -0.1) is 5.10 Å². The van der Waals surface area contributed by atoms with Gasteiger partial charge in [-0.25, -0.2) is 0 Å². The number of ether oxygens (including phenoxy) is 2. The lowest BCUT2D eigenvalue weighted by molar-refractivity contribution is 0.0915. The monoisotopic (exact) mass is 469 g/mol. The first-order valence-corrected chi connectivity index (χ1v) is 11.7. The molecule has 1 aliphatic carbocycles. The first-order chi connectivity index (χ1) is 15.9. The zero-order valence-corrected chi connectivity index (χ0v) is 19.7. The van der Waals surface area contributed by atoms with E-state index < -0.39 is 0 Å². The van der Waals surface area contributed by atoms with E-state index in [0.29, 0.717) is 39.7 Å².